The molecule has 2 aromatic heterocycles. The number of piperazine rings is 1. The summed E-state index contributed by atoms with van der Waals surface area (Å²) in [6, 6.07) is 14.7. The third kappa shape index (κ3) is 3.12. The number of aromatic nitrogens is 2. The van der Waals surface area contributed by atoms with Gasteiger partial charge in [0, 0.05) is 26.2 Å². The van der Waals surface area contributed by atoms with Gasteiger partial charge in [0.05, 0.1) is 29.4 Å². The Bertz CT molecular complexity index is 1070. The normalized spacial score (nSPS) is 14.1. The summed E-state index contributed by atoms with van der Waals surface area (Å²) >= 11 is 0. The molecule has 8 heteroatoms. The average Bonchev–Trinajstić information content (AvgIpc) is 3.29. The highest BCUT2D eigenvalue weighted by molar-refractivity contribution is 5.91. The molecule has 4 rings (SSSR count). The molecule has 8 nitrogen and oxygen atoms in total. The van der Waals surface area contributed by atoms with Crippen LogP contribution >= 0.6 is 0 Å². The van der Waals surface area contributed by atoms with Gasteiger partial charge in [-0.05, 0) is 24.3 Å². The Hall–Kier alpha value is -3.91. The quantitative estimate of drug-likeness (QED) is 0.694. The van der Waals surface area contributed by atoms with Crippen molar-refractivity contribution in [2.75, 3.05) is 31.1 Å². The Morgan fingerprint density at radius 1 is 1.00 bits per heavy atom. The van der Waals surface area contributed by atoms with Gasteiger partial charge in [-0.1, -0.05) is 12.1 Å². The van der Waals surface area contributed by atoms with Crippen LogP contribution in [0.1, 0.15) is 22.2 Å². The summed E-state index contributed by atoms with van der Waals surface area (Å²) in [6.07, 6.45) is 1.48. The van der Waals surface area contributed by atoms with Gasteiger partial charge >= 0.3 is 0 Å². The molecule has 0 unspecified atom stereocenters. The minimum atomic E-state index is -1.00. The number of benzene rings is 1. The number of rotatable bonds is 3. The van der Waals surface area contributed by atoms with Gasteiger partial charge in [0.1, 0.15) is 5.69 Å². The van der Waals surface area contributed by atoms with Gasteiger partial charge in [0.15, 0.2) is 17.5 Å². The van der Waals surface area contributed by atoms with Crippen molar-refractivity contribution in [3.63, 3.8) is 0 Å². The summed E-state index contributed by atoms with van der Waals surface area (Å²) in [5.74, 6) is -0.318. The number of nitriles is 2. The fourth-order valence-corrected chi connectivity index (χ4v) is 3.26. The van der Waals surface area contributed by atoms with Gasteiger partial charge in [0.25, 0.3) is 5.91 Å². The number of fused-ring (bicyclic) bond motifs is 1. The number of nitrogens with zero attached hydrogens (tertiary/aromatic N) is 6. The van der Waals surface area contributed by atoms with Crippen molar-refractivity contribution >= 4 is 22.8 Å². The van der Waals surface area contributed by atoms with Gasteiger partial charge in [0.2, 0.25) is 0 Å². The number of carbonyl (C=O) groups excluding carboxylic acids is 1. The maximum absolute atomic E-state index is 12.4. The predicted octanol–water partition coefficient (Wildman–Crippen LogP) is 2.32. The molecule has 1 fully saturated rings. The number of amides is 1. The van der Waals surface area contributed by atoms with E-state index in [0.29, 0.717) is 54.5 Å². The lowest BCUT2D eigenvalue weighted by atomic mass is 10.1. The smallest absolute Gasteiger partial charge is 0.289 e. The van der Waals surface area contributed by atoms with E-state index < -0.39 is 5.92 Å². The monoisotopic (exact) mass is 372 g/mol. The zero-order valence-corrected chi connectivity index (χ0v) is 14.9. The van der Waals surface area contributed by atoms with E-state index in [4.69, 9.17) is 4.42 Å². The minimum Gasteiger partial charge on any atom is -0.459 e. The van der Waals surface area contributed by atoms with Gasteiger partial charge in [-0.2, -0.15) is 10.5 Å². The van der Waals surface area contributed by atoms with Crippen molar-refractivity contribution in [2.45, 2.75) is 5.92 Å². The number of carbonyl (C=O) groups is 1. The first-order valence-electron chi connectivity index (χ1n) is 8.85. The van der Waals surface area contributed by atoms with Crippen molar-refractivity contribution in [1.82, 2.24) is 14.9 Å². The molecule has 0 saturated carbocycles. The summed E-state index contributed by atoms with van der Waals surface area (Å²) in [5.41, 5.74) is 1.70. The molecule has 0 radical (unpaired) electrons. The third-order valence-corrected chi connectivity index (χ3v) is 4.71. The number of furan rings is 1. The molecule has 1 saturated heterocycles. The highest BCUT2D eigenvalue weighted by Crippen LogP contribution is 2.27. The SMILES string of the molecule is N#CC(C#N)c1nc2ccccc2nc1N1CCN(C(=O)c2ccco2)CC1. The molecule has 1 aliphatic heterocycles. The van der Waals surface area contributed by atoms with Crippen LogP contribution < -0.4 is 4.90 Å². The Morgan fingerprint density at radius 3 is 2.29 bits per heavy atom. The van der Waals surface area contributed by atoms with Crippen LogP contribution in [0, 0.1) is 22.7 Å². The molecule has 138 valence electrons. The highest BCUT2D eigenvalue weighted by atomic mass is 16.3. The van der Waals surface area contributed by atoms with Crippen molar-refractivity contribution in [1.29, 1.82) is 10.5 Å². The van der Waals surface area contributed by atoms with E-state index in [2.05, 4.69) is 9.97 Å². The van der Waals surface area contributed by atoms with Gasteiger partial charge in [-0.15, -0.1) is 0 Å². The lowest BCUT2D eigenvalue weighted by molar-refractivity contribution is 0.0714. The zero-order valence-electron chi connectivity index (χ0n) is 14.9. The van der Waals surface area contributed by atoms with E-state index in [1.165, 1.54) is 6.26 Å². The number of hydrogen-bond donors (Lipinski definition) is 0. The largest absolute Gasteiger partial charge is 0.459 e. The maximum Gasteiger partial charge on any atom is 0.289 e. The van der Waals surface area contributed by atoms with Crippen molar-refractivity contribution in [3.05, 3.63) is 54.1 Å². The van der Waals surface area contributed by atoms with Crippen LogP contribution in [-0.2, 0) is 0 Å². The van der Waals surface area contributed by atoms with Crippen molar-refractivity contribution in [3.8, 4) is 12.1 Å². The molecule has 28 heavy (non-hydrogen) atoms. The standard InChI is InChI=1S/C20H16N6O2/c21-12-14(13-22)18-19(24-16-5-2-1-4-15(16)23-18)25-7-9-26(10-8-25)20(27)17-6-3-11-28-17/h1-6,11,14H,7-10H2. The molecule has 3 aromatic rings. The molecule has 0 atom stereocenters. The Balaban J connectivity index is 1.62. The summed E-state index contributed by atoms with van der Waals surface area (Å²) in [7, 11) is 0. The number of para-hydroxylation sites is 2. The fourth-order valence-electron chi connectivity index (χ4n) is 3.26. The molecule has 1 amide bonds. The second kappa shape index (κ2) is 7.37. The van der Waals surface area contributed by atoms with E-state index in [-0.39, 0.29) is 5.91 Å². The summed E-state index contributed by atoms with van der Waals surface area (Å²) < 4.78 is 5.19. The molecular weight excluding hydrogens is 356 g/mol. The molecular formula is C20H16N6O2. The lowest BCUT2D eigenvalue weighted by Gasteiger charge is -2.35. The predicted molar refractivity (Wildman–Crippen MR) is 100 cm³/mol. The summed E-state index contributed by atoms with van der Waals surface area (Å²) in [6.45, 7) is 2.01. The first-order chi connectivity index (χ1) is 13.7. The Morgan fingerprint density at radius 2 is 1.68 bits per heavy atom. The molecule has 0 N–H and O–H groups in total. The minimum absolute atomic E-state index is 0.151. The Kier molecular flexibility index (Phi) is 4.61. The van der Waals surface area contributed by atoms with Crippen LogP contribution in [0.2, 0.25) is 0 Å². The van der Waals surface area contributed by atoms with E-state index in [9.17, 15) is 15.3 Å². The van der Waals surface area contributed by atoms with Crippen LogP contribution in [0.5, 0.6) is 0 Å². The first-order valence-corrected chi connectivity index (χ1v) is 8.85. The summed E-state index contributed by atoms with van der Waals surface area (Å²) in [5, 5.41) is 18.7. The second-order valence-corrected chi connectivity index (χ2v) is 6.37. The van der Waals surface area contributed by atoms with Crippen LogP contribution in [0.15, 0.2) is 47.1 Å². The molecule has 3 heterocycles. The molecule has 1 aromatic carbocycles. The Labute approximate surface area is 161 Å². The average molecular weight is 372 g/mol. The van der Waals surface area contributed by atoms with Crippen LogP contribution in [-0.4, -0.2) is 47.0 Å². The van der Waals surface area contributed by atoms with Gasteiger partial charge < -0.3 is 14.2 Å². The van der Waals surface area contributed by atoms with E-state index >= 15 is 0 Å². The summed E-state index contributed by atoms with van der Waals surface area (Å²) in [4.78, 5) is 25.4. The molecule has 0 bridgehead atoms. The van der Waals surface area contributed by atoms with E-state index in [1.54, 1.807) is 23.1 Å². The van der Waals surface area contributed by atoms with Crippen LogP contribution in [0.25, 0.3) is 11.0 Å². The zero-order chi connectivity index (χ0) is 19.5. The van der Waals surface area contributed by atoms with Crippen LogP contribution in [0.3, 0.4) is 0 Å². The van der Waals surface area contributed by atoms with Crippen molar-refractivity contribution in [2.24, 2.45) is 0 Å². The topological polar surface area (TPSA) is 110 Å². The number of anilines is 1. The maximum atomic E-state index is 12.4. The van der Waals surface area contributed by atoms with Crippen LogP contribution in [0.4, 0.5) is 5.82 Å². The van der Waals surface area contributed by atoms with E-state index in [0.717, 1.165) is 0 Å². The molecule has 0 spiro atoms. The van der Waals surface area contributed by atoms with Gasteiger partial charge in [-0.3, -0.25) is 4.79 Å². The fraction of sp³-hybridized carbons (Fsp3) is 0.250. The second-order valence-electron chi connectivity index (χ2n) is 6.37. The molecule has 1 aliphatic rings. The molecule has 0 aliphatic carbocycles. The number of hydrogen-bond acceptors (Lipinski definition) is 7. The van der Waals surface area contributed by atoms with Crippen molar-refractivity contribution < 1.29 is 9.21 Å². The lowest BCUT2D eigenvalue weighted by Crippen LogP contribution is -2.49. The highest BCUT2D eigenvalue weighted by Gasteiger charge is 2.28. The van der Waals surface area contributed by atoms with E-state index in [1.807, 2.05) is 35.2 Å². The third-order valence-electron chi connectivity index (χ3n) is 4.71. The van der Waals surface area contributed by atoms with Gasteiger partial charge in [-0.25, -0.2) is 9.97 Å². The first kappa shape index (κ1) is 17.5.